The average molecular weight is 298 g/mol. The van der Waals surface area contributed by atoms with Crippen LogP contribution in [-0.4, -0.2) is 11.6 Å². The minimum atomic E-state index is -0.0327. The Morgan fingerprint density at radius 2 is 1.43 bits per heavy atom. The third kappa shape index (κ3) is 2.20. The Kier molecular flexibility index (Phi) is 3.16. The molecular formula is C21H14O2. The van der Waals surface area contributed by atoms with Crippen molar-refractivity contribution in [2.75, 3.05) is 0 Å². The highest BCUT2D eigenvalue weighted by Crippen LogP contribution is 2.30. The first-order valence-electron chi connectivity index (χ1n) is 7.60. The summed E-state index contributed by atoms with van der Waals surface area (Å²) in [5.41, 5.74) is 4.47. The van der Waals surface area contributed by atoms with E-state index in [-0.39, 0.29) is 11.6 Å². The maximum absolute atomic E-state index is 12.8. The van der Waals surface area contributed by atoms with Crippen LogP contribution in [0.2, 0.25) is 0 Å². The van der Waals surface area contributed by atoms with Gasteiger partial charge in [0.25, 0.3) is 0 Å². The number of hydrogen-bond donors (Lipinski definition) is 0. The summed E-state index contributed by atoms with van der Waals surface area (Å²) in [6.45, 7) is 0. The molecule has 1 aliphatic rings. The molecule has 0 aromatic heterocycles. The van der Waals surface area contributed by atoms with Crippen molar-refractivity contribution in [1.82, 2.24) is 0 Å². The molecule has 1 aliphatic carbocycles. The van der Waals surface area contributed by atoms with E-state index in [9.17, 15) is 9.59 Å². The van der Waals surface area contributed by atoms with Crippen LogP contribution in [0.15, 0.2) is 72.8 Å². The van der Waals surface area contributed by atoms with Crippen molar-refractivity contribution >= 4 is 11.6 Å². The van der Waals surface area contributed by atoms with Gasteiger partial charge in [-0.1, -0.05) is 72.8 Å². The molecule has 0 saturated carbocycles. The highest BCUT2D eigenvalue weighted by Gasteiger charge is 2.26. The second-order valence-corrected chi connectivity index (χ2v) is 5.69. The molecule has 110 valence electrons. The summed E-state index contributed by atoms with van der Waals surface area (Å²) in [7, 11) is 0. The zero-order valence-electron chi connectivity index (χ0n) is 12.5. The van der Waals surface area contributed by atoms with Gasteiger partial charge in [-0.15, -0.1) is 0 Å². The van der Waals surface area contributed by atoms with Gasteiger partial charge < -0.3 is 0 Å². The van der Waals surface area contributed by atoms with Gasteiger partial charge in [0.1, 0.15) is 0 Å². The van der Waals surface area contributed by atoms with Crippen LogP contribution < -0.4 is 0 Å². The lowest BCUT2D eigenvalue weighted by Gasteiger charge is -2.20. The molecule has 4 rings (SSSR count). The lowest BCUT2D eigenvalue weighted by atomic mass is 9.81. The van der Waals surface area contributed by atoms with E-state index < -0.39 is 0 Å². The van der Waals surface area contributed by atoms with Gasteiger partial charge in [-0.3, -0.25) is 9.59 Å². The molecule has 0 saturated heterocycles. The predicted molar refractivity (Wildman–Crippen MR) is 89.0 cm³/mol. The average Bonchev–Trinajstić information content (AvgIpc) is 2.62. The highest BCUT2D eigenvalue weighted by molar-refractivity contribution is 6.16. The third-order valence-electron chi connectivity index (χ3n) is 4.33. The summed E-state index contributed by atoms with van der Waals surface area (Å²) in [5.74, 6) is -0.0285. The zero-order chi connectivity index (χ0) is 15.8. The standard InChI is InChI=1S/C21H14O2/c22-20(14-7-2-1-3-8-14)17-11-6-12-18-19(17)13-15-9-4-5-10-16(15)21(18)23/h1-12H,13H2. The molecule has 0 heterocycles. The first kappa shape index (κ1) is 13.6. The molecule has 2 heteroatoms. The second-order valence-electron chi connectivity index (χ2n) is 5.69. The highest BCUT2D eigenvalue weighted by atomic mass is 16.1. The van der Waals surface area contributed by atoms with Crippen molar-refractivity contribution < 1.29 is 9.59 Å². The van der Waals surface area contributed by atoms with Crippen LogP contribution in [0.3, 0.4) is 0 Å². The maximum Gasteiger partial charge on any atom is 0.193 e. The van der Waals surface area contributed by atoms with Crippen molar-refractivity contribution in [3.8, 4) is 0 Å². The van der Waals surface area contributed by atoms with E-state index in [1.54, 1.807) is 18.2 Å². The van der Waals surface area contributed by atoms with Crippen LogP contribution in [0.1, 0.15) is 43.0 Å². The minimum Gasteiger partial charge on any atom is -0.289 e. The van der Waals surface area contributed by atoms with E-state index in [1.807, 2.05) is 54.6 Å². The van der Waals surface area contributed by atoms with E-state index in [4.69, 9.17) is 0 Å². The number of carbonyl (C=O) groups is 2. The van der Waals surface area contributed by atoms with E-state index in [0.717, 1.165) is 16.7 Å². The summed E-state index contributed by atoms with van der Waals surface area (Å²) >= 11 is 0. The van der Waals surface area contributed by atoms with Crippen LogP contribution >= 0.6 is 0 Å². The molecule has 23 heavy (non-hydrogen) atoms. The van der Waals surface area contributed by atoms with Crippen molar-refractivity contribution in [3.63, 3.8) is 0 Å². The quantitative estimate of drug-likeness (QED) is 0.523. The first-order valence-corrected chi connectivity index (χ1v) is 7.60. The second kappa shape index (κ2) is 5.33. The molecule has 0 spiro atoms. The number of rotatable bonds is 2. The summed E-state index contributed by atoms with van der Waals surface area (Å²) in [6, 6.07) is 22.2. The minimum absolute atomic E-state index is 0.00422. The fourth-order valence-corrected chi connectivity index (χ4v) is 3.18. The molecule has 0 radical (unpaired) electrons. The van der Waals surface area contributed by atoms with Crippen LogP contribution in [-0.2, 0) is 6.42 Å². The van der Waals surface area contributed by atoms with Crippen molar-refractivity contribution in [3.05, 3.63) is 106 Å². The molecule has 0 fully saturated rings. The number of fused-ring (bicyclic) bond motifs is 2. The topological polar surface area (TPSA) is 34.1 Å². The monoisotopic (exact) mass is 298 g/mol. The Morgan fingerprint density at radius 1 is 0.739 bits per heavy atom. The lowest BCUT2D eigenvalue weighted by Crippen LogP contribution is -2.18. The largest absolute Gasteiger partial charge is 0.289 e. The zero-order valence-corrected chi connectivity index (χ0v) is 12.5. The Labute approximate surface area is 134 Å². The van der Waals surface area contributed by atoms with Crippen LogP contribution in [0, 0.1) is 0 Å². The van der Waals surface area contributed by atoms with Gasteiger partial charge in [-0.25, -0.2) is 0 Å². The smallest absolute Gasteiger partial charge is 0.193 e. The number of benzene rings is 3. The maximum atomic E-state index is 12.8. The number of hydrogen-bond acceptors (Lipinski definition) is 2. The molecule has 0 bridgehead atoms. The Bertz CT molecular complexity index is 924. The van der Waals surface area contributed by atoms with Gasteiger partial charge >= 0.3 is 0 Å². The number of carbonyl (C=O) groups excluding carboxylic acids is 2. The van der Waals surface area contributed by atoms with E-state index in [0.29, 0.717) is 23.1 Å². The van der Waals surface area contributed by atoms with Crippen molar-refractivity contribution in [2.45, 2.75) is 6.42 Å². The first-order chi connectivity index (χ1) is 11.3. The van der Waals surface area contributed by atoms with Gasteiger partial charge in [-0.05, 0) is 17.5 Å². The molecule has 2 nitrogen and oxygen atoms in total. The summed E-state index contributed by atoms with van der Waals surface area (Å²) in [6.07, 6.45) is 0.617. The van der Waals surface area contributed by atoms with Gasteiger partial charge in [-0.2, -0.15) is 0 Å². The third-order valence-corrected chi connectivity index (χ3v) is 4.33. The molecule has 0 amide bonds. The summed E-state index contributed by atoms with van der Waals surface area (Å²) in [5, 5.41) is 0. The predicted octanol–water partition coefficient (Wildman–Crippen LogP) is 4.05. The molecule has 0 aliphatic heterocycles. The van der Waals surface area contributed by atoms with Gasteiger partial charge in [0.15, 0.2) is 11.6 Å². The Balaban J connectivity index is 1.86. The SMILES string of the molecule is O=C(c1ccccc1)c1cccc2c1Cc1ccccc1C2=O. The van der Waals surface area contributed by atoms with Crippen molar-refractivity contribution in [2.24, 2.45) is 0 Å². The molecule has 0 N–H and O–H groups in total. The van der Waals surface area contributed by atoms with E-state index >= 15 is 0 Å². The van der Waals surface area contributed by atoms with Gasteiger partial charge in [0.2, 0.25) is 0 Å². The normalized spacial score (nSPS) is 12.4. The van der Waals surface area contributed by atoms with Gasteiger partial charge in [0.05, 0.1) is 0 Å². The molecular weight excluding hydrogens is 284 g/mol. The van der Waals surface area contributed by atoms with E-state index in [2.05, 4.69) is 0 Å². The number of ketones is 2. The van der Waals surface area contributed by atoms with Crippen molar-refractivity contribution in [1.29, 1.82) is 0 Å². The van der Waals surface area contributed by atoms with Crippen LogP contribution in [0.5, 0.6) is 0 Å². The van der Waals surface area contributed by atoms with Crippen LogP contribution in [0.4, 0.5) is 0 Å². The Hall–Kier alpha value is -3.00. The summed E-state index contributed by atoms with van der Waals surface area (Å²) in [4.78, 5) is 25.5. The Morgan fingerprint density at radius 3 is 2.26 bits per heavy atom. The molecule has 3 aromatic rings. The fourth-order valence-electron chi connectivity index (χ4n) is 3.18. The molecule has 0 atom stereocenters. The molecule has 0 unspecified atom stereocenters. The molecule has 3 aromatic carbocycles. The van der Waals surface area contributed by atoms with E-state index in [1.165, 1.54) is 0 Å². The van der Waals surface area contributed by atoms with Gasteiger partial charge in [0, 0.05) is 22.3 Å². The summed E-state index contributed by atoms with van der Waals surface area (Å²) < 4.78 is 0. The fraction of sp³-hybridized carbons (Fsp3) is 0.0476. The lowest BCUT2D eigenvalue weighted by molar-refractivity contribution is 0.103. The van der Waals surface area contributed by atoms with Crippen LogP contribution in [0.25, 0.3) is 0 Å².